The lowest BCUT2D eigenvalue weighted by Crippen LogP contribution is -1.99. The number of aromatic carboxylic acids is 1. The maximum absolute atomic E-state index is 10.9. The van der Waals surface area contributed by atoms with E-state index in [-0.39, 0.29) is 12.4 Å². The van der Waals surface area contributed by atoms with Gasteiger partial charge in [0.2, 0.25) is 5.76 Å². The summed E-state index contributed by atoms with van der Waals surface area (Å²) >= 11 is 5.91. The van der Waals surface area contributed by atoms with E-state index in [0.717, 1.165) is 11.1 Å². The van der Waals surface area contributed by atoms with Gasteiger partial charge in [0, 0.05) is 5.02 Å². The number of carboxylic acid groups (broad SMARTS) is 1. The predicted octanol–water partition coefficient (Wildman–Crippen LogP) is 5.67. The largest absolute Gasteiger partial charge is 0.490 e. The van der Waals surface area contributed by atoms with Crippen LogP contribution in [0.5, 0.6) is 11.5 Å². The van der Waals surface area contributed by atoms with Gasteiger partial charge in [-0.15, -0.1) is 0 Å². The fourth-order valence-electron chi connectivity index (χ4n) is 2.70. The molecule has 0 unspecified atom stereocenters. The van der Waals surface area contributed by atoms with E-state index in [1.807, 2.05) is 6.92 Å². The molecule has 0 saturated heterocycles. The second-order valence-corrected chi connectivity index (χ2v) is 6.61. The van der Waals surface area contributed by atoms with Crippen LogP contribution in [-0.4, -0.2) is 17.7 Å². The molecule has 30 heavy (non-hydrogen) atoms. The molecule has 0 aliphatic heterocycles. The Kier molecular flexibility index (Phi) is 6.79. The lowest BCUT2D eigenvalue weighted by atomic mass is 10.0. The monoisotopic (exact) mass is 423 g/mol. The Hall–Kier alpha value is -3.69. The molecule has 3 aromatic rings. The number of halogens is 1. The summed E-state index contributed by atoms with van der Waals surface area (Å²) in [6.45, 7) is 2.33. The Bertz CT molecular complexity index is 1110. The van der Waals surface area contributed by atoms with Crippen molar-refractivity contribution in [3.05, 3.63) is 82.3 Å². The van der Waals surface area contributed by atoms with Crippen molar-refractivity contribution in [3.63, 3.8) is 0 Å². The number of rotatable bonds is 8. The molecule has 2 aromatic carbocycles. The Morgan fingerprint density at radius 2 is 1.90 bits per heavy atom. The molecule has 0 spiro atoms. The van der Waals surface area contributed by atoms with E-state index in [4.69, 9.17) is 30.6 Å². The highest BCUT2D eigenvalue weighted by atomic mass is 35.5. The zero-order valence-corrected chi connectivity index (χ0v) is 16.8. The van der Waals surface area contributed by atoms with Crippen LogP contribution in [-0.2, 0) is 6.61 Å². The summed E-state index contributed by atoms with van der Waals surface area (Å²) in [5.41, 5.74) is 2.01. The second-order valence-electron chi connectivity index (χ2n) is 6.18. The molecule has 0 bridgehead atoms. The van der Waals surface area contributed by atoms with Crippen molar-refractivity contribution in [2.45, 2.75) is 13.5 Å². The van der Waals surface area contributed by atoms with E-state index in [1.54, 1.807) is 54.6 Å². The van der Waals surface area contributed by atoms with Gasteiger partial charge in [-0.25, -0.2) is 4.79 Å². The van der Waals surface area contributed by atoms with Gasteiger partial charge in [-0.2, -0.15) is 5.26 Å². The highest BCUT2D eigenvalue weighted by Crippen LogP contribution is 2.31. The van der Waals surface area contributed by atoms with Crippen LogP contribution in [0, 0.1) is 11.3 Å². The minimum Gasteiger partial charge on any atom is -0.490 e. The van der Waals surface area contributed by atoms with Crippen molar-refractivity contribution in [1.29, 1.82) is 5.26 Å². The van der Waals surface area contributed by atoms with Crippen molar-refractivity contribution in [3.8, 4) is 17.6 Å². The Balaban J connectivity index is 1.82. The molecule has 3 rings (SSSR count). The number of carboxylic acids is 1. The summed E-state index contributed by atoms with van der Waals surface area (Å²) in [6, 6.07) is 17.5. The average molecular weight is 424 g/mol. The highest BCUT2D eigenvalue weighted by molar-refractivity contribution is 6.30. The van der Waals surface area contributed by atoms with Gasteiger partial charge < -0.3 is 19.0 Å². The number of hydrogen-bond donors (Lipinski definition) is 1. The second kappa shape index (κ2) is 9.68. The molecule has 6 nitrogen and oxygen atoms in total. The van der Waals surface area contributed by atoms with E-state index < -0.39 is 5.97 Å². The standard InChI is InChI=1S/C23H18ClNO5/c1-2-28-22-12-15(11-17(13-25)16-4-6-18(24)7-5-16)3-9-20(22)29-14-19-8-10-21(30-19)23(26)27/h3-12H,2,14H2,1H3,(H,26,27). The van der Waals surface area contributed by atoms with Gasteiger partial charge in [-0.05, 0) is 60.5 Å². The van der Waals surface area contributed by atoms with E-state index in [0.29, 0.717) is 34.5 Å². The molecule has 0 atom stereocenters. The van der Waals surface area contributed by atoms with E-state index >= 15 is 0 Å². The van der Waals surface area contributed by atoms with E-state index in [9.17, 15) is 10.1 Å². The molecule has 0 radical (unpaired) electrons. The topological polar surface area (TPSA) is 92.7 Å². The number of nitrogens with zero attached hydrogens (tertiary/aromatic N) is 1. The third-order valence-corrected chi connectivity index (χ3v) is 4.35. The van der Waals surface area contributed by atoms with Crippen LogP contribution in [0.4, 0.5) is 0 Å². The van der Waals surface area contributed by atoms with Gasteiger partial charge in [0.05, 0.1) is 18.2 Å². The molecule has 1 heterocycles. The SMILES string of the molecule is CCOc1cc(C=C(C#N)c2ccc(Cl)cc2)ccc1OCc1ccc(C(=O)O)o1. The maximum atomic E-state index is 10.9. The Morgan fingerprint density at radius 3 is 2.53 bits per heavy atom. The molecule has 0 aliphatic carbocycles. The summed E-state index contributed by atoms with van der Waals surface area (Å²) in [5.74, 6) is 0.0805. The van der Waals surface area contributed by atoms with Gasteiger partial charge >= 0.3 is 5.97 Å². The van der Waals surface area contributed by atoms with Gasteiger partial charge in [0.25, 0.3) is 0 Å². The van der Waals surface area contributed by atoms with Gasteiger partial charge in [-0.3, -0.25) is 0 Å². The number of furan rings is 1. The zero-order valence-electron chi connectivity index (χ0n) is 16.1. The maximum Gasteiger partial charge on any atom is 0.371 e. The number of allylic oxidation sites excluding steroid dienone is 1. The quantitative estimate of drug-likeness (QED) is 0.370. The van der Waals surface area contributed by atoms with Crippen LogP contribution in [0.25, 0.3) is 11.6 Å². The first-order valence-corrected chi connectivity index (χ1v) is 9.47. The molecule has 0 aliphatic rings. The van der Waals surface area contributed by atoms with Crippen molar-refractivity contribution < 1.29 is 23.8 Å². The Morgan fingerprint density at radius 1 is 1.13 bits per heavy atom. The number of benzene rings is 2. The highest BCUT2D eigenvalue weighted by Gasteiger charge is 2.12. The summed E-state index contributed by atoms with van der Waals surface area (Å²) in [7, 11) is 0. The molecule has 1 N–H and O–H groups in total. The van der Waals surface area contributed by atoms with Gasteiger partial charge in [0.1, 0.15) is 12.4 Å². The molecule has 0 fully saturated rings. The molecular formula is C23H18ClNO5. The minimum atomic E-state index is -1.14. The lowest BCUT2D eigenvalue weighted by Gasteiger charge is -2.12. The molecule has 152 valence electrons. The third kappa shape index (κ3) is 5.22. The molecular weight excluding hydrogens is 406 g/mol. The molecule has 7 heteroatoms. The molecule has 0 amide bonds. The third-order valence-electron chi connectivity index (χ3n) is 4.10. The summed E-state index contributed by atoms with van der Waals surface area (Å²) < 4.78 is 16.6. The summed E-state index contributed by atoms with van der Waals surface area (Å²) in [5, 5.41) is 19.1. The first kappa shape index (κ1) is 21.0. The normalized spacial score (nSPS) is 11.0. The summed E-state index contributed by atoms with van der Waals surface area (Å²) in [6.07, 6.45) is 1.75. The minimum absolute atomic E-state index is 0.0523. The fraction of sp³-hybridized carbons (Fsp3) is 0.130. The number of ether oxygens (including phenoxy) is 2. The molecule has 1 aromatic heterocycles. The first-order chi connectivity index (χ1) is 14.5. The molecule has 0 saturated carbocycles. The van der Waals surface area contributed by atoms with Crippen molar-refractivity contribution in [2.75, 3.05) is 6.61 Å². The Labute approximate surface area is 178 Å². The van der Waals surface area contributed by atoms with Crippen molar-refractivity contribution in [2.24, 2.45) is 0 Å². The van der Waals surface area contributed by atoms with Crippen LogP contribution in [0.2, 0.25) is 5.02 Å². The number of carbonyl (C=O) groups is 1. The van der Waals surface area contributed by atoms with Crippen LogP contribution in [0.3, 0.4) is 0 Å². The van der Waals surface area contributed by atoms with E-state index in [1.165, 1.54) is 6.07 Å². The van der Waals surface area contributed by atoms with Gasteiger partial charge in [0.15, 0.2) is 11.5 Å². The van der Waals surface area contributed by atoms with Crippen LogP contribution in [0.15, 0.2) is 59.0 Å². The van der Waals surface area contributed by atoms with E-state index in [2.05, 4.69) is 6.07 Å². The number of hydrogen-bond acceptors (Lipinski definition) is 5. The summed E-state index contributed by atoms with van der Waals surface area (Å²) in [4.78, 5) is 10.9. The lowest BCUT2D eigenvalue weighted by molar-refractivity contribution is 0.0658. The first-order valence-electron chi connectivity index (χ1n) is 9.09. The van der Waals surface area contributed by atoms with Crippen molar-refractivity contribution in [1.82, 2.24) is 0 Å². The predicted molar refractivity (Wildman–Crippen MR) is 113 cm³/mol. The van der Waals surface area contributed by atoms with Crippen LogP contribution < -0.4 is 9.47 Å². The smallest absolute Gasteiger partial charge is 0.371 e. The van der Waals surface area contributed by atoms with Crippen molar-refractivity contribution >= 4 is 29.2 Å². The average Bonchev–Trinajstić information content (AvgIpc) is 3.22. The van der Waals surface area contributed by atoms with Gasteiger partial charge in [-0.1, -0.05) is 29.8 Å². The number of nitriles is 1. The fourth-order valence-corrected chi connectivity index (χ4v) is 2.82. The van der Waals surface area contributed by atoms with Crippen LogP contribution in [0.1, 0.15) is 34.4 Å². The van der Waals surface area contributed by atoms with Crippen LogP contribution >= 0.6 is 11.6 Å². The zero-order chi connectivity index (χ0) is 21.5.